The maximum atomic E-state index is 12.0. The van der Waals surface area contributed by atoms with Crippen LogP contribution in [0, 0.1) is 0 Å². The molecule has 1 fully saturated rings. The highest BCUT2D eigenvalue weighted by Gasteiger charge is 2.40. The summed E-state index contributed by atoms with van der Waals surface area (Å²) in [6, 6.07) is 7.75. The summed E-state index contributed by atoms with van der Waals surface area (Å²) in [5, 5.41) is 9.57. The van der Waals surface area contributed by atoms with Crippen LogP contribution in [-0.2, 0) is 9.53 Å². The molecular formula is C13H15NO5. The van der Waals surface area contributed by atoms with Crippen molar-refractivity contribution < 1.29 is 24.2 Å². The average molecular weight is 265 g/mol. The SMILES string of the molecule is COC(=O)C1CC(O)CN1C(=O)Oc1ccccc1. The number of hydrogen-bond acceptors (Lipinski definition) is 5. The van der Waals surface area contributed by atoms with Crippen molar-refractivity contribution in [3.8, 4) is 5.75 Å². The van der Waals surface area contributed by atoms with Gasteiger partial charge >= 0.3 is 12.1 Å². The first-order valence-electron chi connectivity index (χ1n) is 5.91. The van der Waals surface area contributed by atoms with Gasteiger partial charge in [-0.15, -0.1) is 0 Å². The Bertz CT molecular complexity index is 461. The van der Waals surface area contributed by atoms with Crippen molar-refractivity contribution in [1.82, 2.24) is 4.90 Å². The van der Waals surface area contributed by atoms with Gasteiger partial charge in [-0.05, 0) is 12.1 Å². The van der Waals surface area contributed by atoms with Crippen LogP contribution >= 0.6 is 0 Å². The van der Waals surface area contributed by atoms with Gasteiger partial charge in [-0.3, -0.25) is 4.90 Å². The maximum absolute atomic E-state index is 12.0. The minimum atomic E-state index is -0.795. The van der Waals surface area contributed by atoms with E-state index in [0.717, 1.165) is 0 Å². The Labute approximate surface area is 110 Å². The van der Waals surface area contributed by atoms with E-state index in [1.807, 2.05) is 0 Å². The highest BCUT2D eigenvalue weighted by atomic mass is 16.6. The predicted molar refractivity (Wildman–Crippen MR) is 65.6 cm³/mol. The number of hydrogen-bond donors (Lipinski definition) is 1. The van der Waals surface area contributed by atoms with Crippen LogP contribution < -0.4 is 4.74 Å². The van der Waals surface area contributed by atoms with E-state index in [4.69, 9.17) is 4.74 Å². The summed E-state index contributed by atoms with van der Waals surface area (Å²) in [5.41, 5.74) is 0. The minimum absolute atomic E-state index is 0.0609. The number of β-amino-alcohol motifs (C(OH)–C–C–N with tert-alkyl or cyclic N) is 1. The third-order valence-electron chi connectivity index (χ3n) is 2.94. The summed E-state index contributed by atoms with van der Waals surface area (Å²) < 4.78 is 9.75. The van der Waals surface area contributed by atoms with Crippen molar-refractivity contribution in [3.63, 3.8) is 0 Å². The van der Waals surface area contributed by atoms with Crippen molar-refractivity contribution >= 4 is 12.1 Å². The van der Waals surface area contributed by atoms with Crippen molar-refractivity contribution in [2.45, 2.75) is 18.6 Å². The number of methoxy groups -OCH3 is 1. The molecule has 0 aliphatic carbocycles. The van der Waals surface area contributed by atoms with Crippen molar-refractivity contribution in [2.75, 3.05) is 13.7 Å². The van der Waals surface area contributed by atoms with E-state index in [-0.39, 0.29) is 13.0 Å². The maximum Gasteiger partial charge on any atom is 0.416 e. The first-order valence-corrected chi connectivity index (χ1v) is 5.91. The third-order valence-corrected chi connectivity index (χ3v) is 2.94. The van der Waals surface area contributed by atoms with Gasteiger partial charge < -0.3 is 14.6 Å². The molecule has 6 heteroatoms. The number of rotatable bonds is 2. The molecule has 1 N–H and O–H groups in total. The average Bonchev–Trinajstić information content (AvgIpc) is 2.81. The lowest BCUT2D eigenvalue weighted by atomic mass is 10.2. The monoisotopic (exact) mass is 265 g/mol. The molecule has 1 aromatic carbocycles. The van der Waals surface area contributed by atoms with E-state index in [9.17, 15) is 14.7 Å². The number of aliphatic hydroxyl groups is 1. The molecule has 0 bridgehead atoms. The molecule has 0 saturated carbocycles. The molecule has 0 aromatic heterocycles. The van der Waals surface area contributed by atoms with E-state index in [1.165, 1.54) is 12.0 Å². The summed E-state index contributed by atoms with van der Waals surface area (Å²) >= 11 is 0. The number of carbonyl (C=O) groups excluding carboxylic acids is 2. The first kappa shape index (κ1) is 13.4. The Morgan fingerprint density at radius 2 is 2.00 bits per heavy atom. The van der Waals surface area contributed by atoms with Gasteiger partial charge in [0.1, 0.15) is 11.8 Å². The highest BCUT2D eigenvalue weighted by Crippen LogP contribution is 2.21. The molecule has 102 valence electrons. The van der Waals surface area contributed by atoms with Crippen LogP contribution in [0.25, 0.3) is 0 Å². The zero-order valence-electron chi connectivity index (χ0n) is 10.5. The number of esters is 1. The van der Waals surface area contributed by atoms with Crippen LogP contribution in [0.4, 0.5) is 4.79 Å². The van der Waals surface area contributed by atoms with Crippen LogP contribution in [0.1, 0.15) is 6.42 Å². The van der Waals surface area contributed by atoms with E-state index >= 15 is 0 Å². The molecule has 0 radical (unpaired) electrons. The molecule has 1 heterocycles. The molecule has 19 heavy (non-hydrogen) atoms. The summed E-state index contributed by atoms with van der Waals surface area (Å²) in [7, 11) is 1.24. The molecule has 6 nitrogen and oxygen atoms in total. The molecule has 1 amide bonds. The van der Waals surface area contributed by atoms with Crippen molar-refractivity contribution in [3.05, 3.63) is 30.3 Å². The van der Waals surface area contributed by atoms with Gasteiger partial charge in [0.05, 0.1) is 19.8 Å². The fraction of sp³-hybridized carbons (Fsp3) is 0.385. The molecule has 1 aromatic rings. The Morgan fingerprint density at radius 1 is 1.32 bits per heavy atom. The molecule has 2 atom stereocenters. The largest absolute Gasteiger partial charge is 0.467 e. The second kappa shape index (κ2) is 5.71. The molecule has 1 aliphatic rings. The predicted octanol–water partition coefficient (Wildman–Crippen LogP) is 0.794. The number of benzene rings is 1. The first-order chi connectivity index (χ1) is 9.11. The fourth-order valence-corrected chi connectivity index (χ4v) is 2.02. The van der Waals surface area contributed by atoms with E-state index in [0.29, 0.717) is 5.75 Å². The third kappa shape index (κ3) is 3.03. The standard InChI is InChI=1S/C13H15NO5/c1-18-12(16)11-7-9(15)8-14(11)13(17)19-10-5-3-2-4-6-10/h2-6,9,11,15H,7-8H2,1H3. The van der Waals surface area contributed by atoms with Crippen LogP contribution in [0.3, 0.4) is 0 Å². The molecule has 1 saturated heterocycles. The van der Waals surface area contributed by atoms with Gasteiger partial charge in [0.15, 0.2) is 0 Å². The Morgan fingerprint density at radius 3 is 2.63 bits per heavy atom. The van der Waals surface area contributed by atoms with Crippen molar-refractivity contribution in [1.29, 1.82) is 0 Å². The minimum Gasteiger partial charge on any atom is -0.467 e. The topological polar surface area (TPSA) is 76.1 Å². The van der Waals surface area contributed by atoms with Gasteiger partial charge in [0.2, 0.25) is 0 Å². The van der Waals surface area contributed by atoms with Gasteiger partial charge in [-0.2, -0.15) is 0 Å². The number of ether oxygens (including phenoxy) is 2. The second-order valence-corrected chi connectivity index (χ2v) is 4.26. The lowest BCUT2D eigenvalue weighted by Gasteiger charge is -2.21. The van der Waals surface area contributed by atoms with Crippen LogP contribution in [0.5, 0.6) is 5.75 Å². The fourth-order valence-electron chi connectivity index (χ4n) is 2.02. The van der Waals surface area contributed by atoms with E-state index in [1.54, 1.807) is 30.3 Å². The quantitative estimate of drug-likeness (QED) is 0.800. The molecular weight excluding hydrogens is 250 g/mol. The molecule has 1 aliphatic heterocycles. The van der Waals surface area contributed by atoms with Gasteiger partial charge in [-0.25, -0.2) is 9.59 Å². The highest BCUT2D eigenvalue weighted by molar-refractivity contribution is 5.83. The van der Waals surface area contributed by atoms with Gasteiger partial charge in [-0.1, -0.05) is 18.2 Å². The summed E-state index contributed by atoms with van der Waals surface area (Å²) in [6.45, 7) is 0.0609. The Kier molecular flexibility index (Phi) is 4.01. The normalized spacial score (nSPS) is 22.1. The van der Waals surface area contributed by atoms with Crippen LogP contribution in [0.2, 0.25) is 0 Å². The number of para-hydroxylation sites is 1. The number of aliphatic hydroxyl groups excluding tert-OH is 1. The number of nitrogens with zero attached hydrogens (tertiary/aromatic N) is 1. The van der Waals surface area contributed by atoms with Crippen LogP contribution in [-0.4, -0.2) is 47.9 Å². The summed E-state index contributed by atoms with van der Waals surface area (Å²) in [6.07, 6.45) is -1.25. The summed E-state index contributed by atoms with van der Waals surface area (Å²) in [4.78, 5) is 24.7. The Balaban J connectivity index is 2.07. The van der Waals surface area contributed by atoms with Crippen molar-refractivity contribution in [2.24, 2.45) is 0 Å². The molecule has 2 unspecified atom stereocenters. The zero-order valence-corrected chi connectivity index (χ0v) is 10.5. The van der Waals surface area contributed by atoms with E-state index in [2.05, 4.69) is 4.74 Å². The van der Waals surface area contributed by atoms with Gasteiger partial charge in [0, 0.05) is 6.42 Å². The zero-order chi connectivity index (χ0) is 13.8. The van der Waals surface area contributed by atoms with E-state index < -0.39 is 24.2 Å². The lowest BCUT2D eigenvalue weighted by Crippen LogP contribution is -2.42. The molecule has 2 rings (SSSR count). The second-order valence-electron chi connectivity index (χ2n) is 4.26. The summed E-state index contributed by atoms with van der Waals surface area (Å²) in [5.74, 6) is -0.168. The van der Waals surface area contributed by atoms with Crippen LogP contribution in [0.15, 0.2) is 30.3 Å². The lowest BCUT2D eigenvalue weighted by molar-refractivity contribution is -0.145. The number of carbonyl (C=O) groups is 2. The molecule has 0 spiro atoms. The number of likely N-dealkylation sites (tertiary alicyclic amines) is 1. The Hall–Kier alpha value is -2.08. The smallest absolute Gasteiger partial charge is 0.416 e. The van der Waals surface area contributed by atoms with Gasteiger partial charge in [0.25, 0.3) is 0 Å². The number of amides is 1.